The topological polar surface area (TPSA) is 77.1 Å². The van der Waals surface area contributed by atoms with Gasteiger partial charge in [0.25, 0.3) is 5.91 Å². The molecule has 0 spiro atoms. The Labute approximate surface area is 197 Å². The monoisotopic (exact) mass is 456 g/mol. The van der Waals surface area contributed by atoms with Crippen molar-refractivity contribution < 1.29 is 23.8 Å². The first-order valence-corrected chi connectivity index (χ1v) is 11.3. The SMILES string of the molecule is CC[C@H](C(=O)NCC(C)C)N(Cc1cccc(C)c1)C(=O)COc1cc(OC)cc(OC)c1. The Balaban J connectivity index is 2.23. The van der Waals surface area contributed by atoms with Gasteiger partial charge in [0.05, 0.1) is 14.2 Å². The third kappa shape index (κ3) is 8.00. The van der Waals surface area contributed by atoms with Gasteiger partial charge in [-0.25, -0.2) is 0 Å². The lowest BCUT2D eigenvalue weighted by Gasteiger charge is -2.31. The Bertz CT molecular complexity index is 906. The summed E-state index contributed by atoms with van der Waals surface area (Å²) in [6.07, 6.45) is 0.495. The molecule has 0 aliphatic heterocycles. The second kappa shape index (κ2) is 12.7. The van der Waals surface area contributed by atoms with Crippen LogP contribution in [0.2, 0.25) is 0 Å². The number of rotatable bonds is 12. The van der Waals surface area contributed by atoms with E-state index in [0.717, 1.165) is 11.1 Å². The van der Waals surface area contributed by atoms with E-state index in [1.807, 2.05) is 52.0 Å². The molecule has 0 unspecified atom stereocenters. The highest BCUT2D eigenvalue weighted by Crippen LogP contribution is 2.27. The maximum Gasteiger partial charge on any atom is 0.261 e. The molecule has 0 saturated carbocycles. The Morgan fingerprint density at radius 1 is 1.00 bits per heavy atom. The van der Waals surface area contributed by atoms with Crippen LogP contribution in [0.1, 0.15) is 38.3 Å². The van der Waals surface area contributed by atoms with Crippen molar-refractivity contribution in [1.29, 1.82) is 0 Å². The normalized spacial score (nSPS) is 11.6. The fourth-order valence-corrected chi connectivity index (χ4v) is 3.44. The lowest BCUT2D eigenvalue weighted by atomic mass is 10.1. The minimum absolute atomic E-state index is 0.157. The van der Waals surface area contributed by atoms with Crippen molar-refractivity contribution in [2.75, 3.05) is 27.4 Å². The van der Waals surface area contributed by atoms with Gasteiger partial charge in [-0.3, -0.25) is 9.59 Å². The standard InChI is InChI=1S/C26H36N2O5/c1-7-24(26(30)27-15-18(2)3)28(16-20-10-8-9-19(4)11-20)25(29)17-33-23-13-21(31-5)12-22(14-23)32-6/h8-14,18,24H,7,15-17H2,1-6H3,(H,27,30)/t24-/m1/s1. The van der Waals surface area contributed by atoms with Gasteiger partial charge in [0.1, 0.15) is 23.3 Å². The Morgan fingerprint density at radius 3 is 2.18 bits per heavy atom. The Morgan fingerprint density at radius 2 is 1.64 bits per heavy atom. The third-order valence-electron chi connectivity index (χ3n) is 5.19. The van der Waals surface area contributed by atoms with Crippen LogP contribution in [0.25, 0.3) is 0 Å². The molecule has 0 heterocycles. The van der Waals surface area contributed by atoms with Crippen molar-refractivity contribution in [2.45, 2.75) is 46.7 Å². The van der Waals surface area contributed by atoms with Gasteiger partial charge in [0.15, 0.2) is 6.61 Å². The van der Waals surface area contributed by atoms with E-state index in [9.17, 15) is 9.59 Å². The molecule has 0 aliphatic carbocycles. The zero-order valence-electron chi connectivity index (χ0n) is 20.5. The maximum atomic E-state index is 13.3. The summed E-state index contributed by atoms with van der Waals surface area (Å²) in [6.45, 7) is 8.64. The molecule has 0 bridgehead atoms. The first kappa shape index (κ1) is 26.0. The molecular weight excluding hydrogens is 420 g/mol. The fourth-order valence-electron chi connectivity index (χ4n) is 3.44. The Kier molecular flexibility index (Phi) is 10.0. The van der Waals surface area contributed by atoms with Gasteiger partial charge in [-0.2, -0.15) is 0 Å². The highest BCUT2D eigenvalue weighted by molar-refractivity contribution is 5.88. The van der Waals surface area contributed by atoms with Crippen LogP contribution < -0.4 is 19.5 Å². The van der Waals surface area contributed by atoms with Gasteiger partial charge in [0, 0.05) is 31.3 Å². The molecule has 0 fully saturated rings. The zero-order chi connectivity index (χ0) is 24.4. The number of methoxy groups -OCH3 is 2. The lowest BCUT2D eigenvalue weighted by molar-refractivity contribution is -0.143. The van der Waals surface area contributed by atoms with Crippen LogP contribution in [-0.2, 0) is 16.1 Å². The number of ether oxygens (including phenoxy) is 3. The summed E-state index contributed by atoms with van der Waals surface area (Å²) in [5, 5.41) is 2.96. The molecule has 7 heteroatoms. The van der Waals surface area contributed by atoms with E-state index in [4.69, 9.17) is 14.2 Å². The molecule has 180 valence electrons. The van der Waals surface area contributed by atoms with E-state index < -0.39 is 6.04 Å². The molecule has 1 N–H and O–H groups in total. The van der Waals surface area contributed by atoms with E-state index in [1.54, 1.807) is 37.3 Å². The van der Waals surface area contributed by atoms with Crippen molar-refractivity contribution in [1.82, 2.24) is 10.2 Å². The van der Waals surface area contributed by atoms with Crippen molar-refractivity contribution in [3.05, 3.63) is 53.6 Å². The summed E-state index contributed by atoms with van der Waals surface area (Å²) >= 11 is 0. The van der Waals surface area contributed by atoms with Crippen LogP contribution in [0.15, 0.2) is 42.5 Å². The second-order valence-electron chi connectivity index (χ2n) is 8.41. The van der Waals surface area contributed by atoms with Crippen LogP contribution in [0.5, 0.6) is 17.2 Å². The van der Waals surface area contributed by atoms with E-state index >= 15 is 0 Å². The van der Waals surface area contributed by atoms with E-state index in [-0.39, 0.29) is 18.4 Å². The molecular formula is C26H36N2O5. The highest BCUT2D eigenvalue weighted by Gasteiger charge is 2.29. The minimum atomic E-state index is -0.597. The number of carbonyl (C=O) groups excluding carboxylic acids is 2. The largest absolute Gasteiger partial charge is 0.496 e. The molecule has 2 aromatic rings. The summed E-state index contributed by atoms with van der Waals surface area (Å²) in [4.78, 5) is 27.9. The van der Waals surface area contributed by atoms with Crippen LogP contribution in [0.4, 0.5) is 0 Å². The summed E-state index contributed by atoms with van der Waals surface area (Å²) in [5.41, 5.74) is 2.05. The van der Waals surface area contributed by atoms with Crippen LogP contribution in [-0.4, -0.2) is 50.1 Å². The van der Waals surface area contributed by atoms with Crippen molar-refractivity contribution in [3.63, 3.8) is 0 Å². The lowest BCUT2D eigenvalue weighted by Crippen LogP contribution is -2.50. The van der Waals surface area contributed by atoms with Gasteiger partial charge < -0.3 is 24.4 Å². The smallest absolute Gasteiger partial charge is 0.261 e. The molecule has 0 saturated heterocycles. The number of benzene rings is 2. The second-order valence-corrected chi connectivity index (χ2v) is 8.41. The molecule has 1 atom stereocenters. The van der Waals surface area contributed by atoms with Crippen LogP contribution in [0, 0.1) is 12.8 Å². The fraction of sp³-hybridized carbons (Fsp3) is 0.462. The number of aryl methyl sites for hydroxylation is 1. The first-order valence-electron chi connectivity index (χ1n) is 11.3. The van der Waals surface area contributed by atoms with E-state index in [0.29, 0.717) is 42.7 Å². The molecule has 0 radical (unpaired) electrons. The minimum Gasteiger partial charge on any atom is -0.496 e. The predicted molar refractivity (Wildman–Crippen MR) is 129 cm³/mol. The maximum absolute atomic E-state index is 13.3. The average molecular weight is 457 g/mol. The quantitative estimate of drug-likeness (QED) is 0.523. The van der Waals surface area contributed by atoms with Crippen molar-refractivity contribution >= 4 is 11.8 Å². The molecule has 33 heavy (non-hydrogen) atoms. The molecule has 2 amide bonds. The van der Waals surface area contributed by atoms with Crippen LogP contribution >= 0.6 is 0 Å². The molecule has 7 nitrogen and oxygen atoms in total. The zero-order valence-corrected chi connectivity index (χ0v) is 20.5. The van der Waals surface area contributed by atoms with E-state index in [1.165, 1.54) is 0 Å². The summed E-state index contributed by atoms with van der Waals surface area (Å²) < 4.78 is 16.3. The highest BCUT2D eigenvalue weighted by atomic mass is 16.5. The number of hydrogen-bond acceptors (Lipinski definition) is 5. The van der Waals surface area contributed by atoms with Crippen LogP contribution in [0.3, 0.4) is 0 Å². The predicted octanol–water partition coefficient (Wildman–Crippen LogP) is 3.97. The van der Waals surface area contributed by atoms with Gasteiger partial charge in [-0.1, -0.05) is 50.6 Å². The van der Waals surface area contributed by atoms with Gasteiger partial charge in [-0.05, 0) is 24.8 Å². The molecule has 0 aromatic heterocycles. The van der Waals surface area contributed by atoms with Gasteiger partial charge in [0.2, 0.25) is 5.91 Å². The summed E-state index contributed by atoms with van der Waals surface area (Å²) in [5.74, 6) is 1.46. The number of carbonyl (C=O) groups is 2. The number of nitrogens with zero attached hydrogens (tertiary/aromatic N) is 1. The van der Waals surface area contributed by atoms with Crippen molar-refractivity contribution in [3.8, 4) is 17.2 Å². The average Bonchev–Trinajstić information content (AvgIpc) is 2.80. The van der Waals surface area contributed by atoms with Gasteiger partial charge >= 0.3 is 0 Å². The molecule has 2 rings (SSSR count). The number of nitrogens with one attached hydrogen (secondary N) is 1. The number of amides is 2. The number of hydrogen-bond donors (Lipinski definition) is 1. The summed E-state index contributed by atoms with van der Waals surface area (Å²) in [6, 6.07) is 12.4. The molecule has 0 aliphatic rings. The van der Waals surface area contributed by atoms with Crippen molar-refractivity contribution in [2.24, 2.45) is 5.92 Å². The van der Waals surface area contributed by atoms with E-state index in [2.05, 4.69) is 5.32 Å². The Hall–Kier alpha value is -3.22. The third-order valence-corrected chi connectivity index (χ3v) is 5.19. The molecule has 2 aromatic carbocycles. The summed E-state index contributed by atoms with van der Waals surface area (Å²) in [7, 11) is 3.10. The van der Waals surface area contributed by atoms with Gasteiger partial charge in [-0.15, -0.1) is 0 Å². The first-order chi connectivity index (χ1) is 15.8.